The van der Waals surface area contributed by atoms with E-state index in [2.05, 4.69) is 23.7 Å². The number of nitrogens with zero attached hydrogens (tertiary/aromatic N) is 2. The molecule has 0 bridgehead atoms. The summed E-state index contributed by atoms with van der Waals surface area (Å²) in [6.45, 7) is 7.19. The van der Waals surface area contributed by atoms with E-state index in [9.17, 15) is 0 Å². The van der Waals surface area contributed by atoms with E-state index in [0.717, 1.165) is 25.9 Å². The van der Waals surface area contributed by atoms with Gasteiger partial charge >= 0.3 is 0 Å². The van der Waals surface area contributed by atoms with Gasteiger partial charge in [-0.25, -0.2) is 0 Å². The topological polar surface area (TPSA) is 60.1 Å². The third-order valence-electron chi connectivity index (χ3n) is 4.32. The fourth-order valence-corrected chi connectivity index (χ4v) is 3.08. The fourth-order valence-electron chi connectivity index (χ4n) is 3.08. The molecule has 1 spiro atoms. The second-order valence-corrected chi connectivity index (χ2v) is 5.75. The normalized spacial score (nSPS) is 25.4. The number of hydrogen-bond donors (Lipinski definition) is 1. The number of aliphatic imine (C=N–C) groups is 1. The maximum absolute atomic E-state index is 6.16. The van der Waals surface area contributed by atoms with Gasteiger partial charge in [0.2, 0.25) is 0 Å². The van der Waals surface area contributed by atoms with Crippen LogP contribution in [0.1, 0.15) is 52.4 Å². The van der Waals surface area contributed by atoms with Gasteiger partial charge in [0.15, 0.2) is 11.7 Å². The Morgan fingerprint density at radius 1 is 1.19 bits per heavy atom. The van der Waals surface area contributed by atoms with E-state index in [1.165, 1.54) is 25.7 Å². The molecule has 0 aromatic carbocycles. The van der Waals surface area contributed by atoms with E-state index in [0.29, 0.717) is 19.1 Å². The second kappa shape index (κ2) is 9.15. The number of ether oxygens (including phenoxy) is 2. The Balaban J connectivity index is 0.00000220. The lowest BCUT2D eigenvalue weighted by Gasteiger charge is -2.26. The van der Waals surface area contributed by atoms with E-state index in [1.54, 1.807) is 0 Å². The summed E-state index contributed by atoms with van der Waals surface area (Å²) in [5.74, 6) is 0.293. The quantitative estimate of drug-likeness (QED) is 0.439. The zero-order valence-corrected chi connectivity index (χ0v) is 15.7. The molecule has 1 aliphatic carbocycles. The van der Waals surface area contributed by atoms with Crippen LogP contribution in [0.5, 0.6) is 0 Å². The summed E-state index contributed by atoms with van der Waals surface area (Å²) >= 11 is 0. The Hall–Kier alpha value is -0.0800. The van der Waals surface area contributed by atoms with Crippen LogP contribution in [0.2, 0.25) is 0 Å². The summed E-state index contributed by atoms with van der Waals surface area (Å²) in [5, 5.41) is 0. The van der Waals surface area contributed by atoms with Crippen LogP contribution in [0.4, 0.5) is 0 Å². The molecule has 2 aliphatic rings. The van der Waals surface area contributed by atoms with Crippen molar-refractivity contribution in [2.24, 2.45) is 10.7 Å². The predicted octanol–water partition coefficient (Wildman–Crippen LogP) is 2.73. The highest BCUT2D eigenvalue weighted by Gasteiger charge is 2.41. The molecule has 5 nitrogen and oxygen atoms in total. The molecule has 2 N–H and O–H groups in total. The van der Waals surface area contributed by atoms with Gasteiger partial charge in [-0.3, -0.25) is 4.99 Å². The molecule has 6 heteroatoms. The minimum absolute atomic E-state index is 0. The van der Waals surface area contributed by atoms with E-state index < -0.39 is 0 Å². The molecular formula is C15H30IN3O2. The summed E-state index contributed by atoms with van der Waals surface area (Å²) < 4.78 is 12.1. The van der Waals surface area contributed by atoms with Crippen molar-refractivity contribution in [2.75, 3.05) is 26.2 Å². The zero-order chi connectivity index (χ0) is 14.4. The van der Waals surface area contributed by atoms with Crippen LogP contribution >= 0.6 is 24.0 Å². The number of guanidine groups is 1. The molecule has 2 fully saturated rings. The number of rotatable bonds is 4. The lowest BCUT2D eigenvalue weighted by atomic mass is 10.1. The third kappa shape index (κ3) is 5.25. The summed E-state index contributed by atoms with van der Waals surface area (Å²) in [4.78, 5) is 6.52. The summed E-state index contributed by atoms with van der Waals surface area (Å²) in [6, 6.07) is 0. The molecule has 1 unspecified atom stereocenters. The maximum Gasteiger partial charge on any atom is 0.191 e. The number of halogens is 1. The molecule has 21 heavy (non-hydrogen) atoms. The van der Waals surface area contributed by atoms with Crippen molar-refractivity contribution in [1.82, 2.24) is 4.90 Å². The molecule has 1 aliphatic heterocycles. The lowest BCUT2D eigenvalue weighted by Crippen LogP contribution is -2.38. The SMILES string of the molecule is CCN(CC)C(N)=NCC1COC2(CCCCCC2)O1.I. The highest BCUT2D eigenvalue weighted by atomic mass is 127. The Morgan fingerprint density at radius 3 is 2.38 bits per heavy atom. The minimum Gasteiger partial charge on any atom is -0.370 e. The molecule has 2 rings (SSSR count). The number of nitrogens with two attached hydrogens (primary N) is 1. The Morgan fingerprint density at radius 2 is 1.81 bits per heavy atom. The molecule has 0 amide bonds. The van der Waals surface area contributed by atoms with Crippen molar-refractivity contribution in [3.8, 4) is 0 Å². The zero-order valence-electron chi connectivity index (χ0n) is 13.3. The van der Waals surface area contributed by atoms with Gasteiger partial charge in [0.1, 0.15) is 6.10 Å². The van der Waals surface area contributed by atoms with E-state index in [4.69, 9.17) is 15.2 Å². The van der Waals surface area contributed by atoms with Gasteiger partial charge in [0.25, 0.3) is 0 Å². The van der Waals surface area contributed by atoms with Gasteiger partial charge in [0, 0.05) is 25.9 Å². The molecule has 1 atom stereocenters. The second-order valence-electron chi connectivity index (χ2n) is 5.75. The molecular weight excluding hydrogens is 381 g/mol. The summed E-state index contributed by atoms with van der Waals surface area (Å²) in [6.07, 6.45) is 7.12. The molecule has 1 saturated carbocycles. The average Bonchev–Trinajstić information content (AvgIpc) is 2.70. The van der Waals surface area contributed by atoms with E-state index in [-0.39, 0.29) is 35.9 Å². The van der Waals surface area contributed by atoms with Crippen LogP contribution in [0.25, 0.3) is 0 Å². The van der Waals surface area contributed by atoms with Gasteiger partial charge < -0.3 is 20.1 Å². The van der Waals surface area contributed by atoms with Crippen molar-refractivity contribution < 1.29 is 9.47 Å². The Labute approximate surface area is 145 Å². The molecule has 0 aromatic rings. The lowest BCUT2D eigenvalue weighted by molar-refractivity contribution is -0.174. The molecule has 1 saturated heterocycles. The van der Waals surface area contributed by atoms with E-state index >= 15 is 0 Å². The fraction of sp³-hybridized carbons (Fsp3) is 0.933. The molecule has 0 radical (unpaired) electrons. The summed E-state index contributed by atoms with van der Waals surface area (Å²) in [7, 11) is 0. The van der Waals surface area contributed by atoms with Crippen molar-refractivity contribution >= 4 is 29.9 Å². The Kier molecular flexibility index (Phi) is 8.26. The van der Waals surface area contributed by atoms with Gasteiger partial charge in [-0.1, -0.05) is 12.8 Å². The first-order valence-corrected chi connectivity index (χ1v) is 8.06. The van der Waals surface area contributed by atoms with Crippen LogP contribution in [0, 0.1) is 0 Å². The van der Waals surface area contributed by atoms with Gasteiger partial charge in [-0.2, -0.15) is 0 Å². The summed E-state index contributed by atoms with van der Waals surface area (Å²) in [5.41, 5.74) is 5.99. The van der Waals surface area contributed by atoms with Crippen LogP contribution in [0.15, 0.2) is 4.99 Å². The molecule has 1 heterocycles. The average molecular weight is 411 g/mol. The van der Waals surface area contributed by atoms with Crippen LogP contribution < -0.4 is 5.73 Å². The van der Waals surface area contributed by atoms with Crippen LogP contribution in [-0.2, 0) is 9.47 Å². The van der Waals surface area contributed by atoms with Crippen molar-refractivity contribution in [3.63, 3.8) is 0 Å². The first kappa shape index (κ1) is 19.0. The van der Waals surface area contributed by atoms with E-state index in [1.807, 2.05) is 0 Å². The van der Waals surface area contributed by atoms with Gasteiger partial charge in [-0.15, -0.1) is 24.0 Å². The minimum atomic E-state index is -0.319. The first-order valence-electron chi connectivity index (χ1n) is 8.06. The van der Waals surface area contributed by atoms with Gasteiger partial charge in [-0.05, 0) is 26.7 Å². The third-order valence-corrected chi connectivity index (χ3v) is 4.32. The standard InChI is InChI=1S/C15H29N3O2.HI/c1-3-18(4-2)14(16)17-11-13-12-19-15(20-13)9-7-5-6-8-10-15;/h13H,3-12H2,1-2H3,(H2,16,17);1H. The Bertz CT molecular complexity index is 327. The smallest absolute Gasteiger partial charge is 0.191 e. The van der Waals surface area contributed by atoms with Crippen molar-refractivity contribution in [1.29, 1.82) is 0 Å². The molecule has 124 valence electrons. The largest absolute Gasteiger partial charge is 0.370 e. The predicted molar refractivity (Wildman–Crippen MR) is 96.1 cm³/mol. The van der Waals surface area contributed by atoms with Crippen molar-refractivity contribution in [3.05, 3.63) is 0 Å². The van der Waals surface area contributed by atoms with Crippen LogP contribution in [0.3, 0.4) is 0 Å². The highest BCUT2D eigenvalue weighted by Crippen LogP contribution is 2.36. The van der Waals surface area contributed by atoms with Gasteiger partial charge in [0.05, 0.1) is 13.2 Å². The number of hydrogen-bond acceptors (Lipinski definition) is 3. The highest BCUT2D eigenvalue weighted by molar-refractivity contribution is 14.0. The maximum atomic E-state index is 6.16. The monoisotopic (exact) mass is 411 g/mol. The molecule has 0 aromatic heterocycles. The van der Waals surface area contributed by atoms with Crippen molar-refractivity contribution in [2.45, 2.75) is 64.3 Å². The van der Waals surface area contributed by atoms with Crippen LogP contribution in [-0.4, -0.2) is 49.0 Å². The first-order chi connectivity index (χ1) is 9.69.